The largest absolute Gasteiger partial charge is 0.493 e. The second-order valence-corrected chi connectivity index (χ2v) is 4.39. The van der Waals surface area contributed by atoms with Gasteiger partial charge in [0.15, 0.2) is 11.5 Å². The Balaban J connectivity index is 2.34. The van der Waals surface area contributed by atoms with E-state index in [1.165, 1.54) is 7.11 Å². The van der Waals surface area contributed by atoms with Crippen molar-refractivity contribution in [1.29, 1.82) is 0 Å². The van der Waals surface area contributed by atoms with Crippen LogP contribution >= 0.6 is 0 Å². The first-order chi connectivity index (χ1) is 9.69. The fourth-order valence-corrected chi connectivity index (χ4v) is 2.08. The average Bonchev–Trinajstić information content (AvgIpc) is 2.99. The number of nitrogens with one attached hydrogen (secondary N) is 1. The van der Waals surface area contributed by atoms with Crippen molar-refractivity contribution in [2.75, 3.05) is 39.8 Å². The zero-order chi connectivity index (χ0) is 14.5. The number of methoxy groups -OCH3 is 2. The van der Waals surface area contributed by atoms with Crippen LogP contribution in [0.2, 0.25) is 0 Å². The number of hydrogen-bond acceptors (Lipinski definition) is 6. The van der Waals surface area contributed by atoms with Gasteiger partial charge < -0.3 is 24.3 Å². The molecule has 0 aliphatic carbocycles. The summed E-state index contributed by atoms with van der Waals surface area (Å²) in [6.45, 7) is 1.23. The van der Waals surface area contributed by atoms with E-state index >= 15 is 0 Å². The third-order valence-corrected chi connectivity index (χ3v) is 3.16. The molecule has 1 heterocycles. The Morgan fingerprint density at radius 2 is 2.15 bits per heavy atom. The third kappa shape index (κ3) is 2.96. The van der Waals surface area contributed by atoms with Crippen LogP contribution in [0, 0.1) is 0 Å². The van der Waals surface area contributed by atoms with Gasteiger partial charge in [0.1, 0.15) is 6.10 Å². The predicted molar refractivity (Wildman–Crippen MR) is 73.7 cm³/mol. The lowest BCUT2D eigenvalue weighted by molar-refractivity contribution is 0.0601. The van der Waals surface area contributed by atoms with Gasteiger partial charge in [-0.25, -0.2) is 4.79 Å². The number of ether oxygens (including phenoxy) is 4. The van der Waals surface area contributed by atoms with E-state index in [1.807, 2.05) is 0 Å². The second-order valence-electron chi connectivity index (χ2n) is 4.39. The molecule has 1 aromatic rings. The lowest BCUT2D eigenvalue weighted by atomic mass is 10.1. The maximum absolute atomic E-state index is 11.8. The zero-order valence-corrected chi connectivity index (χ0v) is 11.9. The van der Waals surface area contributed by atoms with E-state index < -0.39 is 5.97 Å². The van der Waals surface area contributed by atoms with Gasteiger partial charge in [-0.1, -0.05) is 0 Å². The fraction of sp³-hybridized carbons (Fsp3) is 0.500. The summed E-state index contributed by atoms with van der Waals surface area (Å²) >= 11 is 0. The highest BCUT2D eigenvalue weighted by Crippen LogP contribution is 2.35. The first kappa shape index (κ1) is 14.5. The molecule has 1 N–H and O–H groups in total. The maximum atomic E-state index is 11.8. The first-order valence-electron chi connectivity index (χ1n) is 6.42. The summed E-state index contributed by atoms with van der Waals surface area (Å²) < 4.78 is 21.2. The monoisotopic (exact) mass is 281 g/mol. The SMILES string of the molecule is CNc1cc(OC)c(O[C@H]2CCOC2)cc1C(=O)OC. The molecule has 1 atom stereocenters. The van der Waals surface area contributed by atoms with Crippen molar-refractivity contribution in [3.63, 3.8) is 0 Å². The van der Waals surface area contributed by atoms with Crippen molar-refractivity contribution in [2.24, 2.45) is 0 Å². The average molecular weight is 281 g/mol. The van der Waals surface area contributed by atoms with Crippen LogP contribution in [0.1, 0.15) is 16.8 Å². The molecule has 0 unspecified atom stereocenters. The zero-order valence-electron chi connectivity index (χ0n) is 11.9. The van der Waals surface area contributed by atoms with Gasteiger partial charge in [-0.3, -0.25) is 0 Å². The summed E-state index contributed by atoms with van der Waals surface area (Å²) in [5.41, 5.74) is 1.04. The number of carbonyl (C=O) groups excluding carboxylic acids is 1. The quantitative estimate of drug-likeness (QED) is 0.829. The predicted octanol–water partition coefficient (Wildman–Crippen LogP) is 1.69. The summed E-state index contributed by atoms with van der Waals surface area (Å²) in [5.74, 6) is 0.654. The van der Waals surface area contributed by atoms with E-state index in [4.69, 9.17) is 18.9 Å². The molecule has 6 nitrogen and oxygen atoms in total. The van der Waals surface area contributed by atoms with Crippen molar-refractivity contribution < 1.29 is 23.7 Å². The van der Waals surface area contributed by atoms with Gasteiger partial charge in [0.2, 0.25) is 0 Å². The minimum Gasteiger partial charge on any atom is -0.493 e. The standard InChI is InChI=1S/C14H19NO5/c1-15-11-7-12(17-2)13(6-10(11)14(16)18-3)20-9-4-5-19-8-9/h6-7,9,15H,4-5,8H2,1-3H3/t9-/m0/s1. The summed E-state index contributed by atoms with van der Waals surface area (Å²) in [4.78, 5) is 11.8. The molecular weight excluding hydrogens is 262 g/mol. The van der Waals surface area contributed by atoms with Crippen molar-refractivity contribution >= 4 is 11.7 Å². The molecule has 110 valence electrons. The molecule has 0 aromatic heterocycles. The number of rotatable bonds is 5. The molecule has 1 aliphatic rings. The van der Waals surface area contributed by atoms with Crippen molar-refractivity contribution in [1.82, 2.24) is 0 Å². The summed E-state index contributed by atoms with van der Waals surface area (Å²) in [5, 5.41) is 2.95. The Morgan fingerprint density at radius 3 is 2.70 bits per heavy atom. The van der Waals surface area contributed by atoms with Gasteiger partial charge in [-0.2, -0.15) is 0 Å². The Labute approximate surface area is 118 Å². The molecule has 1 fully saturated rings. The smallest absolute Gasteiger partial charge is 0.340 e. The Morgan fingerprint density at radius 1 is 1.35 bits per heavy atom. The van der Waals surface area contributed by atoms with Crippen LogP contribution in [0.3, 0.4) is 0 Å². The summed E-state index contributed by atoms with van der Waals surface area (Å²) in [6, 6.07) is 3.35. The van der Waals surface area contributed by atoms with Crippen LogP contribution in [0.25, 0.3) is 0 Å². The minimum atomic E-state index is -0.426. The van der Waals surface area contributed by atoms with E-state index in [0.717, 1.165) is 6.42 Å². The highest BCUT2D eigenvalue weighted by Gasteiger charge is 2.22. The van der Waals surface area contributed by atoms with E-state index in [2.05, 4.69) is 5.32 Å². The third-order valence-electron chi connectivity index (χ3n) is 3.16. The van der Waals surface area contributed by atoms with E-state index in [1.54, 1.807) is 26.3 Å². The molecule has 0 bridgehead atoms. The van der Waals surface area contributed by atoms with Crippen molar-refractivity contribution in [2.45, 2.75) is 12.5 Å². The first-order valence-corrected chi connectivity index (χ1v) is 6.42. The Kier molecular flexibility index (Phi) is 4.68. The van der Waals surface area contributed by atoms with Crippen LogP contribution in [0.15, 0.2) is 12.1 Å². The van der Waals surface area contributed by atoms with Gasteiger partial charge in [0.25, 0.3) is 0 Å². The number of esters is 1. The lowest BCUT2D eigenvalue weighted by Crippen LogP contribution is -2.17. The fourth-order valence-electron chi connectivity index (χ4n) is 2.08. The maximum Gasteiger partial charge on any atom is 0.340 e. The van der Waals surface area contributed by atoms with Gasteiger partial charge in [-0.05, 0) is 0 Å². The second kappa shape index (κ2) is 6.47. The van der Waals surface area contributed by atoms with Gasteiger partial charge in [0.05, 0.1) is 38.7 Å². The molecule has 0 amide bonds. The van der Waals surface area contributed by atoms with Gasteiger partial charge >= 0.3 is 5.97 Å². The van der Waals surface area contributed by atoms with Gasteiger partial charge in [0, 0.05) is 25.6 Å². The van der Waals surface area contributed by atoms with Gasteiger partial charge in [-0.15, -0.1) is 0 Å². The summed E-state index contributed by atoms with van der Waals surface area (Å²) in [6.07, 6.45) is 0.805. The van der Waals surface area contributed by atoms with Crippen LogP contribution in [-0.2, 0) is 9.47 Å². The van der Waals surface area contributed by atoms with Crippen LogP contribution in [0.5, 0.6) is 11.5 Å². The molecule has 20 heavy (non-hydrogen) atoms. The molecule has 0 saturated carbocycles. The summed E-state index contributed by atoms with van der Waals surface area (Å²) in [7, 11) is 4.63. The molecule has 1 aromatic carbocycles. The molecule has 0 radical (unpaired) electrons. The van der Waals surface area contributed by atoms with E-state index in [-0.39, 0.29) is 6.10 Å². The number of hydrogen-bond donors (Lipinski definition) is 1. The van der Waals surface area contributed by atoms with Crippen LogP contribution in [-0.4, -0.2) is 46.6 Å². The van der Waals surface area contributed by atoms with E-state index in [0.29, 0.717) is 36.0 Å². The van der Waals surface area contributed by atoms with Crippen molar-refractivity contribution in [3.8, 4) is 11.5 Å². The molecule has 2 rings (SSSR count). The Bertz CT molecular complexity index is 483. The van der Waals surface area contributed by atoms with Crippen molar-refractivity contribution in [3.05, 3.63) is 17.7 Å². The topological polar surface area (TPSA) is 66.0 Å². The Hall–Kier alpha value is -1.95. The normalized spacial score (nSPS) is 17.6. The molecule has 1 aliphatic heterocycles. The molecular formula is C14H19NO5. The lowest BCUT2D eigenvalue weighted by Gasteiger charge is -2.17. The molecule has 0 spiro atoms. The highest BCUT2D eigenvalue weighted by molar-refractivity contribution is 5.96. The van der Waals surface area contributed by atoms with E-state index in [9.17, 15) is 4.79 Å². The van der Waals surface area contributed by atoms with Crippen LogP contribution < -0.4 is 14.8 Å². The highest BCUT2D eigenvalue weighted by atomic mass is 16.6. The number of anilines is 1. The minimum absolute atomic E-state index is 0.0187. The molecule has 1 saturated heterocycles. The van der Waals surface area contributed by atoms with Crippen LogP contribution in [0.4, 0.5) is 5.69 Å². The number of benzene rings is 1. The molecule has 6 heteroatoms. The number of carbonyl (C=O) groups is 1.